The molecule has 1 heterocycles. The molecule has 2 rings (SSSR count). The van der Waals surface area contributed by atoms with Crippen LogP contribution in [0.25, 0.3) is 0 Å². The molecule has 0 bridgehead atoms. The van der Waals surface area contributed by atoms with Gasteiger partial charge in [-0.2, -0.15) is 4.98 Å². The highest BCUT2D eigenvalue weighted by atomic mass is 79.9. The van der Waals surface area contributed by atoms with Crippen molar-refractivity contribution < 1.29 is 9.13 Å². The summed E-state index contributed by atoms with van der Waals surface area (Å²) in [7, 11) is 0. The van der Waals surface area contributed by atoms with Gasteiger partial charge >= 0.3 is 0 Å². The van der Waals surface area contributed by atoms with E-state index in [2.05, 4.69) is 25.9 Å². The van der Waals surface area contributed by atoms with Gasteiger partial charge in [0.2, 0.25) is 5.88 Å². The van der Waals surface area contributed by atoms with Crippen molar-refractivity contribution >= 4 is 21.7 Å². The Morgan fingerprint density at radius 1 is 1.29 bits per heavy atom. The average Bonchev–Trinajstić information content (AvgIpc) is 2.22. The molecule has 0 atom stereocenters. The van der Waals surface area contributed by atoms with Gasteiger partial charge in [0.05, 0.1) is 4.47 Å². The largest absolute Gasteiger partial charge is 0.439 e. The highest BCUT2D eigenvalue weighted by molar-refractivity contribution is 9.10. The number of hydrogen-bond donors (Lipinski definition) is 1. The van der Waals surface area contributed by atoms with Crippen molar-refractivity contribution in [1.29, 1.82) is 0 Å². The molecule has 0 amide bonds. The van der Waals surface area contributed by atoms with E-state index >= 15 is 0 Å². The normalized spacial score (nSPS) is 10.3. The third kappa shape index (κ3) is 2.91. The molecule has 6 heteroatoms. The third-order valence-electron chi connectivity index (χ3n) is 1.95. The second kappa shape index (κ2) is 4.67. The highest BCUT2D eigenvalue weighted by Gasteiger charge is 2.05. The van der Waals surface area contributed by atoms with Crippen LogP contribution in [-0.2, 0) is 0 Å². The van der Waals surface area contributed by atoms with E-state index in [9.17, 15) is 4.39 Å². The summed E-state index contributed by atoms with van der Waals surface area (Å²) in [6.45, 7) is 1.70. The lowest BCUT2D eigenvalue weighted by atomic mass is 10.3. The van der Waals surface area contributed by atoms with Crippen molar-refractivity contribution in [3.63, 3.8) is 0 Å². The summed E-state index contributed by atoms with van der Waals surface area (Å²) >= 11 is 3.06. The monoisotopic (exact) mass is 297 g/mol. The highest BCUT2D eigenvalue weighted by Crippen LogP contribution is 2.25. The lowest BCUT2D eigenvalue weighted by molar-refractivity contribution is 0.455. The number of nitrogens with two attached hydrogens (primary N) is 1. The van der Waals surface area contributed by atoms with Crippen LogP contribution in [0, 0.1) is 12.7 Å². The number of nitrogen functional groups attached to an aromatic ring is 1. The van der Waals surface area contributed by atoms with Crippen LogP contribution in [0.3, 0.4) is 0 Å². The number of rotatable bonds is 2. The van der Waals surface area contributed by atoms with E-state index in [1.807, 2.05) is 0 Å². The molecule has 4 nitrogen and oxygen atoms in total. The van der Waals surface area contributed by atoms with Gasteiger partial charge in [-0.25, -0.2) is 9.37 Å². The van der Waals surface area contributed by atoms with E-state index in [0.29, 0.717) is 21.9 Å². The summed E-state index contributed by atoms with van der Waals surface area (Å²) < 4.78 is 19.0. The van der Waals surface area contributed by atoms with E-state index in [1.165, 1.54) is 12.1 Å². The number of hydrogen-bond acceptors (Lipinski definition) is 4. The molecule has 0 fully saturated rings. The minimum Gasteiger partial charge on any atom is -0.439 e. The third-order valence-corrected chi connectivity index (χ3v) is 2.59. The van der Waals surface area contributed by atoms with Crippen molar-refractivity contribution in [3.05, 3.63) is 40.4 Å². The number of benzene rings is 1. The molecule has 88 valence electrons. The van der Waals surface area contributed by atoms with Gasteiger partial charge < -0.3 is 10.5 Å². The Bertz CT molecular complexity index is 542. The van der Waals surface area contributed by atoms with Gasteiger partial charge in [-0.1, -0.05) is 0 Å². The first-order chi connectivity index (χ1) is 8.04. The fourth-order valence-corrected chi connectivity index (χ4v) is 1.52. The fraction of sp³-hybridized carbons (Fsp3) is 0.0909. The number of nitrogens with zero attached hydrogens (tertiary/aromatic N) is 2. The van der Waals surface area contributed by atoms with Crippen molar-refractivity contribution in [2.24, 2.45) is 0 Å². The standard InChI is InChI=1S/C11H9BrFN3O/c1-6-15-10(14)5-11(16-6)17-7-2-3-8(12)9(13)4-7/h2-5H,1H3,(H2,14,15,16). The van der Waals surface area contributed by atoms with Crippen LogP contribution < -0.4 is 10.5 Å². The van der Waals surface area contributed by atoms with Crippen LogP contribution in [0.2, 0.25) is 0 Å². The SMILES string of the molecule is Cc1nc(N)cc(Oc2ccc(Br)c(F)c2)n1. The molecule has 2 N–H and O–H groups in total. The Morgan fingerprint density at radius 3 is 2.71 bits per heavy atom. The molecular weight excluding hydrogens is 289 g/mol. The van der Waals surface area contributed by atoms with E-state index in [-0.39, 0.29) is 5.88 Å². The molecule has 0 aliphatic heterocycles. The van der Waals surface area contributed by atoms with Crippen LogP contribution in [-0.4, -0.2) is 9.97 Å². The van der Waals surface area contributed by atoms with Gasteiger partial charge in [0, 0.05) is 12.1 Å². The van der Waals surface area contributed by atoms with Gasteiger partial charge in [0.25, 0.3) is 0 Å². The average molecular weight is 298 g/mol. The van der Waals surface area contributed by atoms with Crippen molar-refractivity contribution in [1.82, 2.24) is 9.97 Å². The smallest absolute Gasteiger partial charge is 0.224 e. The molecule has 0 aliphatic carbocycles. The van der Waals surface area contributed by atoms with Gasteiger partial charge in [-0.3, -0.25) is 0 Å². The molecule has 0 saturated carbocycles. The summed E-state index contributed by atoms with van der Waals surface area (Å²) in [4.78, 5) is 7.95. The number of aryl methyl sites for hydroxylation is 1. The predicted molar refractivity (Wildman–Crippen MR) is 65.4 cm³/mol. The fourth-order valence-electron chi connectivity index (χ4n) is 1.28. The minimum absolute atomic E-state index is 0.289. The molecule has 1 aromatic heterocycles. The van der Waals surface area contributed by atoms with Crippen LogP contribution in [0.1, 0.15) is 5.82 Å². The number of anilines is 1. The first kappa shape index (κ1) is 11.8. The molecule has 0 spiro atoms. The Kier molecular flexibility index (Phi) is 3.23. The molecule has 0 radical (unpaired) electrons. The van der Waals surface area contributed by atoms with Crippen LogP contribution >= 0.6 is 15.9 Å². The van der Waals surface area contributed by atoms with Gasteiger partial charge in [-0.05, 0) is 35.0 Å². The first-order valence-electron chi connectivity index (χ1n) is 4.78. The summed E-state index contributed by atoms with van der Waals surface area (Å²) in [5.41, 5.74) is 5.55. The van der Waals surface area contributed by atoms with Gasteiger partial charge in [0.1, 0.15) is 23.2 Å². The van der Waals surface area contributed by atoms with Crippen LogP contribution in [0.15, 0.2) is 28.7 Å². The molecular formula is C11H9BrFN3O. The van der Waals surface area contributed by atoms with E-state index in [0.717, 1.165) is 0 Å². The zero-order valence-electron chi connectivity index (χ0n) is 8.95. The van der Waals surface area contributed by atoms with Crippen LogP contribution in [0.5, 0.6) is 11.6 Å². The lowest BCUT2D eigenvalue weighted by Crippen LogP contribution is -1.98. The predicted octanol–water partition coefficient (Wildman–Crippen LogP) is 3.06. The zero-order chi connectivity index (χ0) is 12.4. The maximum Gasteiger partial charge on any atom is 0.224 e. The van der Waals surface area contributed by atoms with Crippen molar-refractivity contribution in [3.8, 4) is 11.6 Å². The second-order valence-corrected chi connectivity index (χ2v) is 4.21. The molecule has 17 heavy (non-hydrogen) atoms. The number of halogens is 2. The second-order valence-electron chi connectivity index (χ2n) is 3.36. The minimum atomic E-state index is -0.402. The molecule has 1 aromatic carbocycles. The van der Waals surface area contributed by atoms with E-state index in [4.69, 9.17) is 10.5 Å². The Balaban J connectivity index is 2.28. The summed E-state index contributed by atoms with van der Waals surface area (Å²) in [5.74, 6) is 1.05. The quantitative estimate of drug-likeness (QED) is 0.925. The van der Waals surface area contributed by atoms with Crippen molar-refractivity contribution in [2.45, 2.75) is 6.92 Å². The zero-order valence-corrected chi connectivity index (χ0v) is 10.5. The van der Waals surface area contributed by atoms with E-state index in [1.54, 1.807) is 19.1 Å². The lowest BCUT2D eigenvalue weighted by Gasteiger charge is -2.06. The number of ether oxygens (including phenoxy) is 1. The maximum absolute atomic E-state index is 13.3. The summed E-state index contributed by atoms with van der Waals surface area (Å²) in [5, 5.41) is 0. The Labute approximate surface area is 106 Å². The molecule has 0 aliphatic rings. The Hall–Kier alpha value is -1.69. The van der Waals surface area contributed by atoms with Gasteiger partial charge in [-0.15, -0.1) is 0 Å². The maximum atomic E-state index is 13.3. The first-order valence-corrected chi connectivity index (χ1v) is 5.58. The summed E-state index contributed by atoms with van der Waals surface area (Å²) in [6, 6.07) is 5.92. The number of aromatic nitrogens is 2. The molecule has 0 unspecified atom stereocenters. The summed E-state index contributed by atoms with van der Waals surface area (Å²) in [6.07, 6.45) is 0. The van der Waals surface area contributed by atoms with E-state index < -0.39 is 5.82 Å². The Morgan fingerprint density at radius 2 is 2.06 bits per heavy atom. The van der Waals surface area contributed by atoms with Gasteiger partial charge in [0.15, 0.2) is 0 Å². The van der Waals surface area contributed by atoms with Crippen LogP contribution in [0.4, 0.5) is 10.2 Å². The topological polar surface area (TPSA) is 61.0 Å². The van der Waals surface area contributed by atoms with Crippen molar-refractivity contribution in [2.75, 3.05) is 5.73 Å². The molecule has 2 aromatic rings. The molecule has 0 saturated heterocycles.